The van der Waals surface area contributed by atoms with Crippen LogP contribution in [0.25, 0.3) is 17.0 Å². The van der Waals surface area contributed by atoms with Crippen molar-refractivity contribution in [2.75, 3.05) is 12.0 Å². The molecule has 1 N–H and O–H groups in total. The van der Waals surface area contributed by atoms with E-state index in [1.54, 1.807) is 22.9 Å². The number of methoxy groups -OCH3 is 1. The highest BCUT2D eigenvalue weighted by Gasteiger charge is 2.34. The third kappa shape index (κ3) is 3.85. The Hall–Kier alpha value is -3.78. The van der Waals surface area contributed by atoms with E-state index < -0.39 is 17.8 Å². The summed E-state index contributed by atoms with van der Waals surface area (Å²) >= 11 is 5.25. The molecule has 31 heavy (non-hydrogen) atoms. The van der Waals surface area contributed by atoms with Crippen LogP contribution in [0.4, 0.5) is 5.69 Å². The van der Waals surface area contributed by atoms with Gasteiger partial charge in [0.05, 0.1) is 12.8 Å². The lowest BCUT2D eigenvalue weighted by atomic mass is 10.1. The summed E-state index contributed by atoms with van der Waals surface area (Å²) in [5.41, 5.74) is 2.98. The van der Waals surface area contributed by atoms with Crippen LogP contribution in [0.3, 0.4) is 0 Å². The van der Waals surface area contributed by atoms with E-state index in [4.69, 9.17) is 17.0 Å². The predicted octanol–water partition coefficient (Wildman–Crippen LogP) is 2.95. The fraction of sp³-hybridized carbons (Fsp3) is 0.130. The Labute approximate surface area is 183 Å². The molecule has 7 nitrogen and oxygen atoms in total. The lowest BCUT2D eigenvalue weighted by Crippen LogP contribution is -2.54. The molecule has 0 atom stereocenters. The summed E-state index contributed by atoms with van der Waals surface area (Å²) in [7, 11) is 1.32. The quantitative estimate of drug-likeness (QED) is 0.296. The number of aromatic nitrogens is 1. The summed E-state index contributed by atoms with van der Waals surface area (Å²) in [4.78, 5) is 38.9. The molecule has 2 aromatic carbocycles. The van der Waals surface area contributed by atoms with E-state index in [1.165, 1.54) is 18.1 Å². The van der Waals surface area contributed by atoms with Crippen LogP contribution in [0.15, 0.2) is 60.3 Å². The Morgan fingerprint density at radius 2 is 1.84 bits per heavy atom. The second kappa shape index (κ2) is 8.16. The highest BCUT2D eigenvalue weighted by Crippen LogP contribution is 2.27. The van der Waals surface area contributed by atoms with E-state index in [1.807, 2.05) is 43.3 Å². The number of amides is 2. The molecular formula is C23H19N3O4S. The normalized spacial score (nSPS) is 15.5. The first-order chi connectivity index (χ1) is 14.9. The Balaban J connectivity index is 1.78. The molecule has 0 bridgehead atoms. The number of ether oxygens (including phenoxy) is 1. The molecule has 3 aromatic rings. The largest absolute Gasteiger partial charge is 0.468 e. The number of hydrogen-bond donors (Lipinski definition) is 1. The summed E-state index contributed by atoms with van der Waals surface area (Å²) in [6, 6.07) is 14.7. The van der Waals surface area contributed by atoms with Crippen molar-refractivity contribution in [2.24, 2.45) is 0 Å². The lowest BCUT2D eigenvalue weighted by molar-refractivity contribution is -0.141. The molecule has 0 spiro atoms. The number of carbonyl (C=O) groups excluding carboxylic acids is 3. The van der Waals surface area contributed by atoms with Crippen LogP contribution in [-0.4, -0.2) is 34.6 Å². The van der Waals surface area contributed by atoms with Crippen LogP contribution in [0.5, 0.6) is 0 Å². The summed E-state index contributed by atoms with van der Waals surface area (Å²) in [5.74, 6) is -1.48. The van der Waals surface area contributed by atoms with Crippen molar-refractivity contribution in [2.45, 2.75) is 13.5 Å². The molecular weight excluding hydrogens is 414 g/mol. The smallest absolute Gasteiger partial charge is 0.325 e. The second-order valence-corrected chi connectivity index (χ2v) is 7.49. The van der Waals surface area contributed by atoms with Crippen LogP contribution in [0, 0.1) is 6.92 Å². The molecule has 0 unspecified atom stereocenters. The number of fused-ring (bicyclic) bond motifs is 1. The zero-order valence-electron chi connectivity index (χ0n) is 16.9. The van der Waals surface area contributed by atoms with Crippen molar-refractivity contribution in [1.29, 1.82) is 0 Å². The van der Waals surface area contributed by atoms with Gasteiger partial charge in [-0.25, -0.2) is 0 Å². The monoisotopic (exact) mass is 433 g/mol. The van der Waals surface area contributed by atoms with Gasteiger partial charge in [-0.15, -0.1) is 0 Å². The molecule has 0 saturated carbocycles. The van der Waals surface area contributed by atoms with Crippen molar-refractivity contribution in [1.82, 2.24) is 9.88 Å². The van der Waals surface area contributed by atoms with Crippen molar-refractivity contribution < 1.29 is 19.1 Å². The average Bonchev–Trinajstić information content (AvgIpc) is 3.09. The number of benzene rings is 2. The zero-order valence-corrected chi connectivity index (χ0v) is 17.7. The van der Waals surface area contributed by atoms with Gasteiger partial charge in [0.1, 0.15) is 12.1 Å². The number of thiocarbonyl (C=S) groups is 1. The van der Waals surface area contributed by atoms with Gasteiger partial charge in [0.25, 0.3) is 11.8 Å². The average molecular weight is 433 g/mol. The Kier molecular flexibility index (Phi) is 5.39. The first kappa shape index (κ1) is 20.5. The molecule has 1 aromatic heterocycles. The minimum absolute atomic E-state index is 0.0138. The minimum Gasteiger partial charge on any atom is -0.468 e. The van der Waals surface area contributed by atoms with Gasteiger partial charge < -0.3 is 9.30 Å². The molecule has 0 radical (unpaired) electrons. The molecule has 2 amide bonds. The van der Waals surface area contributed by atoms with Crippen LogP contribution in [0.2, 0.25) is 0 Å². The highest BCUT2D eigenvalue weighted by atomic mass is 32.1. The Morgan fingerprint density at radius 3 is 2.55 bits per heavy atom. The van der Waals surface area contributed by atoms with Crippen molar-refractivity contribution in [3.8, 4) is 0 Å². The van der Waals surface area contributed by atoms with Gasteiger partial charge in [0, 0.05) is 22.7 Å². The summed E-state index contributed by atoms with van der Waals surface area (Å²) in [6.07, 6.45) is 3.25. The van der Waals surface area contributed by atoms with E-state index in [9.17, 15) is 14.4 Å². The molecule has 156 valence electrons. The fourth-order valence-electron chi connectivity index (χ4n) is 3.47. The number of nitrogens with one attached hydrogen (secondary N) is 1. The molecule has 1 aliphatic rings. The standard InChI is InChI=1S/C23H19N3O4S/c1-14-7-9-16(10-8-14)26-22(29)18(21(28)24-23(26)31)11-15-12-25(13-20(27)30-2)19-6-4-3-5-17(15)19/h3-12H,13H2,1-2H3,(H,24,28,31)/b18-11+. The second-order valence-electron chi connectivity index (χ2n) is 7.10. The number of nitrogens with zero attached hydrogens (tertiary/aromatic N) is 2. The Bertz CT molecular complexity index is 1260. The molecule has 1 fully saturated rings. The summed E-state index contributed by atoms with van der Waals surface area (Å²) < 4.78 is 6.49. The van der Waals surface area contributed by atoms with Gasteiger partial charge in [-0.3, -0.25) is 24.6 Å². The van der Waals surface area contributed by atoms with Crippen molar-refractivity contribution in [3.05, 3.63) is 71.4 Å². The van der Waals surface area contributed by atoms with Crippen LogP contribution in [0.1, 0.15) is 11.1 Å². The number of aryl methyl sites for hydroxylation is 1. The van der Waals surface area contributed by atoms with Gasteiger partial charge in [-0.05, 0) is 43.4 Å². The number of rotatable bonds is 4. The van der Waals surface area contributed by atoms with Gasteiger partial charge in [-0.1, -0.05) is 35.9 Å². The van der Waals surface area contributed by atoms with Crippen molar-refractivity contribution >= 4 is 57.8 Å². The van der Waals surface area contributed by atoms with E-state index in [0.29, 0.717) is 11.3 Å². The zero-order chi connectivity index (χ0) is 22.1. The topological polar surface area (TPSA) is 80.6 Å². The van der Waals surface area contributed by atoms with E-state index >= 15 is 0 Å². The SMILES string of the molecule is COC(=O)Cn1cc(/C=C2\C(=O)NC(=S)N(c3ccc(C)cc3)C2=O)c2ccccc21. The number of para-hydroxylation sites is 1. The third-order valence-corrected chi connectivity index (χ3v) is 5.32. The molecule has 1 saturated heterocycles. The van der Waals surface area contributed by atoms with E-state index in [0.717, 1.165) is 16.5 Å². The summed E-state index contributed by atoms with van der Waals surface area (Å²) in [5, 5.41) is 3.42. The minimum atomic E-state index is -0.567. The number of carbonyl (C=O) groups is 3. The van der Waals surface area contributed by atoms with Gasteiger partial charge in [-0.2, -0.15) is 0 Å². The number of hydrogen-bond acceptors (Lipinski definition) is 5. The van der Waals surface area contributed by atoms with Crippen LogP contribution >= 0.6 is 12.2 Å². The van der Waals surface area contributed by atoms with Crippen LogP contribution in [-0.2, 0) is 25.7 Å². The molecule has 0 aliphatic carbocycles. The van der Waals surface area contributed by atoms with Crippen molar-refractivity contribution in [3.63, 3.8) is 0 Å². The van der Waals surface area contributed by atoms with Crippen LogP contribution < -0.4 is 10.2 Å². The number of esters is 1. The van der Waals surface area contributed by atoms with Gasteiger partial charge in [0.2, 0.25) is 0 Å². The first-order valence-electron chi connectivity index (χ1n) is 9.52. The third-order valence-electron chi connectivity index (χ3n) is 5.04. The van der Waals surface area contributed by atoms with E-state index in [2.05, 4.69) is 5.32 Å². The fourth-order valence-corrected chi connectivity index (χ4v) is 3.75. The summed E-state index contributed by atoms with van der Waals surface area (Å²) in [6.45, 7) is 1.96. The van der Waals surface area contributed by atoms with E-state index in [-0.39, 0.29) is 17.2 Å². The molecule has 4 rings (SSSR count). The van der Waals surface area contributed by atoms with Gasteiger partial charge in [0.15, 0.2) is 5.11 Å². The first-order valence-corrected chi connectivity index (χ1v) is 9.92. The predicted molar refractivity (Wildman–Crippen MR) is 121 cm³/mol. The molecule has 1 aliphatic heterocycles. The number of anilines is 1. The maximum Gasteiger partial charge on any atom is 0.325 e. The Morgan fingerprint density at radius 1 is 1.13 bits per heavy atom. The van der Waals surface area contributed by atoms with Gasteiger partial charge >= 0.3 is 5.97 Å². The highest BCUT2D eigenvalue weighted by molar-refractivity contribution is 7.80. The molecule has 8 heteroatoms. The lowest BCUT2D eigenvalue weighted by Gasteiger charge is -2.29. The maximum absolute atomic E-state index is 13.2. The maximum atomic E-state index is 13.2. The molecule has 2 heterocycles.